The smallest absolute Gasteiger partial charge is 0.331 e. The summed E-state index contributed by atoms with van der Waals surface area (Å²) < 4.78 is 16.2. The van der Waals surface area contributed by atoms with E-state index in [2.05, 4.69) is 0 Å². The van der Waals surface area contributed by atoms with E-state index < -0.39 is 5.97 Å². The Labute approximate surface area is 179 Å². The number of allylic oxidation sites excluding steroid dienone is 10. The molecule has 160 valence electrons. The van der Waals surface area contributed by atoms with E-state index in [1.807, 2.05) is 68.5 Å². The lowest BCUT2D eigenvalue weighted by molar-refractivity contribution is -0.132. The van der Waals surface area contributed by atoms with E-state index >= 15 is 0 Å². The van der Waals surface area contributed by atoms with Gasteiger partial charge < -0.3 is 19.3 Å². The standard InChI is InChI=1S/C25H30O5/c1-18(10-7-8-13-20(3)25(26)27)11-9-12-19(2)14-15-22-23(29-5)16-21(28-4)17-24(22)30-6/h7-17H,1-6H3,(H,26,27)/b8-7+,11-9+,15-14+,18-10+,19-12+,20-13+. The van der Waals surface area contributed by atoms with Gasteiger partial charge in [-0.25, -0.2) is 4.79 Å². The van der Waals surface area contributed by atoms with Gasteiger partial charge in [-0.1, -0.05) is 59.8 Å². The summed E-state index contributed by atoms with van der Waals surface area (Å²) in [4.78, 5) is 10.7. The summed E-state index contributed by atoms with van der Waals surface area (Å²) in [5.41, 5.74) is 3.22. The molecule has 1 rings (SSSR count). The van der Waals surface area contributed by atoms with E-state index in [9.17, 15) is 4.79 Å². The molecule has 0 spiro atoms. The quantitative estimate of drug-likeness (QED) is 0.392. The summed E-state index contributed by atoms with van der Waals surface area (Å²) in [5.74, 6) is 1.09. The Morgan fingerprint density at radius 3 is 1.87 bits per heavy atom. The monoisotopic (exact) mass is 410 g/mol. The predicted octanol–water partition coefficient (Wildman–Crippen LogP) is 5.76. The molecule has 0 saturated carbocycles. The Morgan fingerprint density at radius 1 is 0.800 bits per heavy atom. The fourth-order valence-corrected chi connectivity index (χ4v) is 2.35. The van der Waals surface area contributed by atoms with Gasteiger partial charge >= 0.3 is 5.97 Å². The predicted molar refractivity (Wildman–Crippen MR) is 122 cm³/mol. The van der Waals surface area contributed by atoms with Crippen LogP contribution in [0.1, 0.15) is 26.3 Å². The number of methoxy groups -OCH3 is 3. The van der Waals surface area contributed by atoms with Gasteiger partial charge in [0.1, 0.15) is 17.2 Å². The normalized spacial score (nSPS) is 13.5. The molecule has 1 aromatic carbocycles. The molecular weight excluding hydrogens is 380 g/mol. The third kappa shape index (κ3) is 8.27. The average Bonchev–Trinajstić information content (AvgIpc) is 2.74. The molecule has 30 heavy (non-hydrogen) atoms. The molecule has 0 unspecified atom stereocenters. The summed E-state index contributed by atoms with van der Waals surface area (Å²) in [6.07, 6.45) is 16.8. The Morgan fingerprint density at radius 2 is 1.33 bits per heavy atom. The number of hydrogen-bond acceptors (Lipinski definition) is 4. The fraction of sp³-hybridized carbons (Fsp3) is 0.240. The highest BCUT2D eigenvalue weighted by molar-refractivity contribution is 5.86. The minimum atomic E-state index is -0.918. The number of aliphatic carboxylic acids is 1. The zero-order valence-electron chi connectivity index (χ0n) is 18.4. The van der Waals surface area contributed by atoms with Crippen molar-refractivity contribution in [1.29, 1.82) is 0 Å². The van der Waals surface area contributed by atoms with Gasteiger partial charge in [-0.15, -0.1) is 0 Å². The third-order valence-corrected chi connectivity index (χ3v) is 4.14. The topological polar surface area (TPSA) is 65.0 Å². The van der Waals surface area contributed by atoms with E-state index in [0.29, 0.717) is 22.8 Å². The molecule has 0 heterocycles. The molecular formula is C25H30O5. The van der Waals surface area contributed by atoms with Crippen molar-refractivity contribution in [3.8, 4) is 17.2 Å². The van der Waals surface area contributed by atoms with Crippen LogP contribution in [-0.2, 0) is 4.79 Å². The van der Waals surface area contributed by atoms with Gasteiger partial charge in [0.05, 0.1) is 26.9 Å². The number of ether oxygens (including phenoxy) is 3. The molecule has 0 aliphatic heterocycles. The minimum absolute atomic E-state index is 0.295. The van der Waals surface area contributed by atoms with Crippen LogP contribution in [0.2, 0.25) is 0 Å². The lowest BCUT2D eigenvalue weighted by Crippen LogP contribution is -1.94. The maximum absolute atomic E-state index is 10.7. The van der Waals surface area contributed by atoms with Crippen molar-refractivity contribution in [2.24, 2.45) is 0 Å². The SMILES string of the molecule is COc1cc(OC)c(/C=C/C(C)=C/C=C/C(C)=C/C=C/C=C(\C)C(=O)O)c(OC)c1. The van der Waals surface area contributed by atoms with E-state index in [1.165, 1.54) is 0 Å². The third-order valence-electron chi connectivity index (χ3n) is 4.14. The van der Waals surface area contributed by atoms with Crippen LogP contribution in [0.3, 0.4) is 0 Å². The molecule has 0 aromatic heterocycles. The highest BCUT2D eigenvalue weighted by Crippen LogP contribution is 2.35. The molecule has 0 radical (unpaired) electrons. The van der Waals surface area contributed by atoms with Crippen LogP contribution in [0, 0.1) is 0 Å². The molecule has 0 atom stereocenters. The number of carboxylic acid groups (broad SMARTS) is 1. The molecule has 0 aliphatic carbocycles. The molecule has 5 heteroatoms. The van der Waals surface area contributed by atoms with Crippen LogP contribution in [-0.4, -0.2) is 32.4 Å². The first kappa shape index (κ1) is 24.6. The first-order valence-electron chi connectivity index (χ1n) is 9.40. The molecule has 0 saturated heterocycles. The lowest BCUT2D eigenvalue weighted by Gasteiger charge is -2.12. The highest BCUT2D eigenvalue weighted by Gasteiger charge is 2.10. The first-order chi connectivity index (χ1) is 14.3. The molecule has 1 aromatic rings. The van der Waals surface area contributed by atoms with Crippen molar-refractivity contribution in [2.45, 2.75) is 20.8 Å². The van der Waals surface area contributed by atoms with Gasteiger partial charge in [0.2, 0.25) is 0 Å². The maximum atomic E-state index is 10.7. The Hall–Kier alpha value is -3.47. The van der Waals surface area contributed by atoms with Gasteiger partial charge in [-0.3, -0.25) is 0 Å². The molecule has 0 fully saturated rings. The number of benzene rings is 1. The Kier molecular flexibility index (Phi) is 10.6. The van der Waals surface area contributed by atoms with Crippen molar-refractivity contribution in [3.05, 3.63) is 83.0 Å². The van der Waals surface area contributed by atoms with Crippen LogP contribution in [0.5, 0.6) is 17.2 Å². The minimum Gasteiger partial charge on any atom is -0.496 e. The van der Waals surface area contributed by atoms with Crippen LogP contribution in [0.4, 0.5) is 0 Å². The Balaban J connectivity index is 2.88. The number of hydrogen-bond donors (Lipinski definition) is 1. The summed E-state index contributed by atoms with van der Waals surface area (Å²) in [6, 6.07) is 3.63. The highest BCUT2D eigenvalue weighted by atomic mass is 16.5. The second kappa shape index (κ2) is 12.9. The van der Waals surface area contributed by atoms with Crippen molar-refractivity contribution in [1.82, 2.24) is 0 Å². The maximum Gasteiger partial charge on any atom is 0.331 e. The zero-order chi connectivity index (χ0) is 22.5. The van der Waals surface area contributed by atoms with Crippen molar-refractivity contribution >= 4 is 12.0 Å². The van der Waals surface area contributed by atoms with Crippen molar-refractivity contribution in [2.75, 3.05) is 21.3 Å². The van der Waals surface area contributed by atoms with Gasteiger partial charge in [0.15, 0.2) is 0 Å². The molecule has 0 amide bonds. The second-order valence-electron chi connectivity index (χ2n) is 6.50. The number of carbonyl (C=O) groups is 1. The summed E-state index contributed by atoms with van der Waals surface area (Å²) in [6.45, 7) is 5.53. The molecule has 5 nitrogen and oxygen atoms in total. The summed E-state index contributed by atoms with van der Waals surface area (Å²) in [5, 5.41) is 8.80. The van der Waals surface area contributed by atoms with Crippen molar-refractivity contribution < 1.29 is 24.1 Å². The van der Waals surface area contributed by atoms with Gasteiger partial charge in [0, 0.05) is 17.7 Å². The summed E-state index contributed by atoms with van der Waals surface area (Å²) >= 11 is 0. The second-order valence-corrected chi connectivity index (χ2v) is 6.50. The first-order valence-corrected chi connectivity index (χ1v) is 9.40. The van der Waals surface area contributed by atoms with E-state index in [0.717, 1.165) is 16.7 Å². The average molecular weight is 411 g/mol. The molecule has 1 N–H and O–H groups in total. The van der Waals surface area contributed by atoms with Crippen LogP contribution < -0.4 is 14.2 Å². The zero-order valence-corrected chi connectivity index (χ0v) is 18.4. The lowest BCUT2D eigenvalue weighted by atomic mass is 10.1. The van der Waals surface area contributed by atoms with Gasteiger partial charge in [-0.2, -0.15) is 0 Å². The molecule has 0 bridgehead atoms. The van der Waals surface area contributed by atoms with Crippen molar-refractivity contribution in [3.63, 3.8) is 0 Å². The van der Waals surface area contributed by atoms with Crippen LogP contribution in [0.15, 0.2) is 77.5 Å². The van der Waals surface area contributed by atoms with E-state index in [-0.39, 0.29) is 0 Å². The Bertz CT molecular complexity index is 886. The van der Waals surface area contributed by atoms with Crippen LogP contribution in [0.25, 0.3) is 6.08 Å². The van der Waals surface area contributed by atoms with Gasteiger partial charge in [-0.05, 0) is 26.8 Å². The fourth-order valence-electron chi connectivity index (χ4n) is 2.35. The van der Waals surface area contributed by atoms with Gasteiger partial charge in [0.25, 0.3) is 0 Å². The van der Waals surface area contributed by atoms with E-state index in [1.54, 1.807) is 40.4 Å². The number of rotatable bonds is 10. The van der Waals surface area contributed by atoms with E-state index in [4.69, 9.17) is 19.3 Å². The summed E-state index contributed by atoms with van der Waals surface area (Å²) in [7, 11) is 4.82. The van der Waals surface area contributed by atoms with Crippen LogP contribution >= 0.6 is 0 Å². The largest absolute Gasteiger partial charge is 0.496 e. The molecule has 0 aliphatic rings. The number of carboxylic acids is 1.